The van der Waals surface area contributed by atoms with E-state index in [1.165, 1.54) is 12.1 Å². The smallest absolute Gasteiger partial charge is 0.291 e. The summed E-state index contributed by atoms with van der Waals surface area (Å²) in [4.78, 5) is 23.9. The Bertz CT molecular complexity index is 1370. The molecule has 0 unspecified atom stereocenters. The summed E-state index contributed by atoms with van der Waals surface area (Å²) in [5, 5.41) is 14.7. The minimum atomic E-state index is -0.608. The summed E-state index contributed by atoms with van der Waals surface area (Å²) in [6.45, 7) is 4.32. The Labute approximate surface area is 200 Å². The van der Waals surface area contributed by atoms with E-state index in [0.717, 1.165) is 10.9 Å². The number of rotatable bonds is 8. The number of nitro benzene ring substituents is 1. The number of carbonyl (C=O) groups is 1. The third kappa shape index (κ3) is 4.82. The van der Waals surface area contributed by atoms with Crippen molar-refractivity contribution < 1.29 is 23.6 Å². The maximum Gasteiger partial charge on any atom is 0.291 e. The number of carbonyl (C=O) groups excluding carboxylic acids is 1. The van der Waals surface area contributed by atoms with Gasteiger partial charge in [0, 0.05) is 10.9 Å². The summed E-state index contributed by atoms with van der Waals surface area (Å²) in [5.41, 5.74) is 1.88. The van der Waals surface area contributed by atoms with Crippen molar-refractivity contribution in [3.63, 3.8) is 0 Å². The molecule has 34 heavy (non-hydrogen) atoms. The van der Waals surface area contributed by atoms with Crippen LogP contribution in [0.5, 0.6) is 11.5 Å². The second kappa shape index (κ2) is 9.84. The molecule has 0 aliphatic carbocycles. The molecule has 0 bridgehead atoms. The zero-order chi connectivity index (χ0) is 24.2. The molecule has 1 heterocycles. The van der Waals surface area contributed by atoms with E-state index in [-0.39, 0.29) is 34.5 Å². The van der Waals surface area contributed by atoms with Crippen LogP contribution < -0.4 is 14.8 Å². The Morgan fingerprint density at radius 2 is 1.88 bits per heavy atom. The predicted molar refractivity (Wildman–Crippen MR) is 129 cm³/mol. The van der Waals surface area contributed by atoms with Gasteiger partial charge in [-0.3, -0.25) is 14.9 Å². The van der Waals surface area contributed by atoms with E-state index in [4.69, 9.17) is 25.5 Å². The fourth-order valence-electron chi connectivity index (χ4n) is 3.49. The second-order valence-corrected chi connectivity index (χ2v) is 7.84. The molecular weight excluding hydrogens is 460 g/mol. The molecule has 0 radical (unpaired) electrons. The standard InChI is InChI=1S/C25H21ClN2O6/c1-3-32-17-9-10-22-18(11-17)15(2)24(34-22)25(29)27-20-12-19(26)21(28(30)31)13-23(20)33-14-16-7-5-4-6-8-16/h4-13H,3,14H2,1-2H3,(H,27,29). The second-order valence-electron chi connectivity index (χ2n) is 7.43. The largest absolute Gasteiger partial charge is 0.494 e. The fraction of sp³-hybridized carbons (Fsp3) is 0.160. The number of nitrogens with one attached hydrogen (secondary N) is 1. The van der Waals surface area contributed by atoms with Crippen LogP contribution in [0.15, 0.2) is 65.1 Å². The Kier molecular flexibility index (Phi) is 6.70. The van der Waals surface area contributed by atoms with E-state index in [2.05, 4.69) is 5.32 Å². The van der Waals surface area contributed by atoms with Gasteiger partial charge in [0.05, 0.1) is 23.3 Å². The lowest BCUT2D eigenvalue weighted by molar-refractivity contribution is -0.384. The number of nitro groups is 1. The lowest BCUT2D eigenvalue weighted by atomic mass is 10.1. The molecule has 4 aromatic rings. The average molecular weight is 481 g/mol. The third-order valence-electron chi connectivity index (χ3n) is 5.16. The van der Waals surface area contributed by atoms with Gasteiger partial charge in [-0.1, -0.05) is 41.9 Å². The SMILES string of the molecule is CCOc1ccc2oc(C(=O)Nc3cc(Cl)c([N+](=O)[O-])cc3OCc3ccccc3)c(C)c2c1. The number of furan rings is 1. The molecule has 0 aliphatic rings. The molecule has 0 saturated heterocycles. The minimum Gasteiger partial charge on any atom is -0.494 e. The van der Waals surface area contributed by atoms with Crippen LogP contribution in [0.2, 0.25) is 5.02 Å². The highest BCUT2D eigenvalue weighted by molar-refractivity contribution is 6.33. The van der Waals surface area contributed by atoms with Crippen molar-refractivity contribution >= 4 is 39.9 Å². The number of nitrogens with zero attached hydrogens (tertiary/aromatic N) is 1. The van der Waals surface area contributed by atoms with E-state index in [1.807, 2.05) is 43.3 Å². The highest BCUT2D eigenvalue weighted by Crippen LogP contribution is 2.37. The molecule has 8 nitrogen and oxygen atoms in total. The van der Waals surface area contributed by atoms with Crippen molar-refractivity contribution in [1.82, 2.24) is 0 Å². The number of aryl methyl sites for hydroxylation is 1. The zero-order valence-electron chi connectivity index (χ0n) is 18.5. The zero-order valence-corrected chi connectivity index (χ0v) is 19.2. The van der Waals surface area contributed by atoms with Crippen LogP contribution in [0.25, 0.3) is 11.0 Å². The molecule has 1 aromatic heterocycles. The average Bonchev–Trinajstić information content (AvgIpc) is 3.15. The summed E-state index contributed by atoms with van der Waals surface area (Å²) in [6, 6.07) is 17.1. The summed E-state index contributed by atoms with van der Waals surface area (Å²) in [5.74, 6) is 0.346. The highest BCUT2D eigenvalue weighted by atomic mass is 35.5. The van der Waals surface area contributed by atoms with Crippen molar-refractivity contribution in [3.8, 4) is 11.5 Å². The minimum absolute atomic E-state index is 0.104. The Hall–Kier alpha value is -4.04. The van der Waals surface area contributed by atoms with Gasteiger partial charge in [-0.25, -0.2) is 0 Å². The molecule has 3 aromatic carbocycles. The number of fused-ring (bicyclic) bond motifs is 1. The van der Waals surface area contributed by atoms with Crippen LogP contribution >= 0.6 is 11.6 Å². The van der Waals surface area contributed by atoms with Gasteiger partial charge >= 0.3 is 0 Å². The molecule has 0 atom stereocenters. The van der Waals surface area contributed by atoms with Crippen LogP contribution in [0.3, 0.4) is 0 Å². The molecule has 0 saturated carbocycles. The number of hydrogen-bond donors (Lipinski definition) is 1. The summed E-state index contributed by atoms with van der Waals surface area (Å²) in [7, 11) is 0. The fourth-order valence-corrected chi connectivity index (χ4v) is 3.72. The molecule has 0 fully saturated rings. The topological polar surface area (TPSA) is 104 Å². The van der Waals surface area contributed by atoms with Gasteiger partial charge in [0.15, 0.2) is 5.76 Å². The Morgan fingerprint density at radius 1 is 1.12 bits per heavy atom. The maximum atomic E-state index is 13.1. The number of benzene rings is 3. The summed E-state index contributed by atoms with van der Waals surface area (Å²) in [6.07, 6.45) is 0. The van der Waals surface area contributed by atoms with Crippen molar-refractivity contribution in [3.05, 3.63) is 92.7 Å². The van der Waals surface area contributed by atoms with Gasteiger partial charge in [0.2, 0.25) is 0 Å². The van der Waals surface area contributed by atoms with Gasteiger partial charge in [-0.2, -0.15) is 0 Å². The molecule has 4 rings (SSSR count). The van der Waals surface area contributed by atoms with Crippen LogP contribution in [0.4, 0.5) is 11.4 Å². The van der Waals surface area contributed by atoms with E-state index in [9.17, 15) is 14.9 Å². The number of halogens is 1. The van der Waals surface area contributed by atoms with E-state index in [0.29, 0.717) is 23.5 Å². The molecule has 1 N–H and O–H groups in total. The van der Waals surface area contributed by atoms with Crippen LogP contribution in [-0.4, -0.2) is 17.4 Å². The number of anilines is 1. The van der Waals surface area contributed by atoms with Gasteiger partial charge in [-0.15, -0.1) is 0 Å². The molecule has 1 amide bonds. The molecule has 9 heteroatoms. The van der Waals surface area contributed by atoms with Crippen LogP contribution in [0, 0.1) is 17.0 Å². The Balaban J connectivity index is 1.65. The summed E-state index contributed by atoms with van der Waals surface area (Å²) >= 11 is 6.10. The first kappa shape index (κ1) is 23.1. The quantitative estimate of drug-likeness (QED) is 0.227. The first-order chi connectivity index (χ1) is 16.4. The van der Waals surface area contributed by atoms with E-state index >= 15 is 0 Å². The normalized spacial score (nSPS) is 10.8. The van der Waals surface area contributed by atoms with Gasteiger partial charge in [0.25, 0.3) is 11.6 Å². The van der Waals surface area contributed by atoms with Gasteiger partial charge in [0.1, 0.15) is 28.7 Å². The molecule has 0 aliphatic heterocycles. The molecule has 174 valence electrons. The van der Waals surface area contributed by atoms with E-state index in [1.54, 1.807) is 19.1 Å². The van der Waals surface area contributed by atoms with Crippen molar-refractivity contribution in [1.29, 1.82) is 0 Å². The lowest BCUT2D eigenvalue weighted by Gasteiger charge is -2.13. The first-order valence-corrected chi connectivity index (χ1v) is 10.9. The highest BCUT2D eigenvalue weighted by Gasteiger charge is 2.23. The maximum absolute atomic E-state index is 13.1. The van der Waals surface area contributed by atoms with E-state index < -0.39 is 10.8 Å². The van der Waals surface area contributed by atoms with Crippen LogP contribution in [0.1, 0.15) is 28.6 Å². The van der Waals surface area contributed by atoms with Gasteiger partial charge < -0.3 is 19.2 Å². The monoisotopic (exact) mass is 480 g/mol. The number of ether oxygens (including phenoxy) is 2. The van der Waals surface area contributed by atoms with Gasteiger partial charge in [-0.05, 0) is 43.7 Å². The van der Waals surface area contributed by atoms with Crippen molar-refractivity contribution in [2.24, 2.45) is 0 Å². The number of hydrogen-bond acceptors (Lipinski definition) is 6. The number of amides is 1. The predicted octanol–water partition coefficient (Wildman–Crippen LogP) is 6.53. The third-order valence-corrected chi connectivity index (χ3v) is 5.46. The van der Waals surface area contributed by atoms with Crippen molar-refractivity contribution in [2.45, 2.75) is 20.5 Å². The first-order valence-electron chi connectivity index (χ1n) is 10.5. The molecular formula is C25H21ClN2O6. The Morgan fingerprint density at radius 3 is 2.59 bits per heavy atom. The van der Waals surface area contributed by atoms with Crippen molar-refractivity contribution in [2.75, 3.05) is 11.9 Å². The lowest BCUT2D eigenvalue weighted by Crippen LogP contribution is -2.13. The molecule has 0 spiro atoms. The van der Waals surface area contributed by atoms with Crippen LogP contribution in [-0.2, 0) is 6.61 Å². The summed E-state index contributed by atoms with van der Waals surface area (Å²) < 4.78 is 17.1.